The van der Waals surface area contributed by atoms with Gasteiger partial charge in [-0.3, -0.25) is 4.79 Å². The maximum absolute atomic E-state index is 13.0. The summed E-state index contributed by atoms with van der Waals surface area (Å²) in [5.41, 5.74) is 3.26. The van der Waals surface area contributed by atoms with Crippen LogP contribution in [0.1, 0.15) is 91.9 Å². The molecule has 4 rings (SSSR count). The maximum Gasteiger partial charge on any atom is 0.409 e. The van der Waals surface area contributed by atoms with Crippen LogP contribution in [0.5, 0.6) is 0 Å². The molecule has 1 spiro atoms. The number of carbonyl (C=O) groups excluding carboxylic acids is 2. The summed E-state index contributed by atoms with van der Waals surface area (Å²) in [7, 11) is 0. The molecule has 0 atom stereocenters. The summed E-state index contributed by atoms with van der Waals surface area (Å²) in [5, 5.41) is 9.76. The second-order valence-corrected chi connectivity index (χ2v) is 12.8. The molecule has 3 aliphatic heterocycles. The molecule has 0 aromatic rings. The van der Waals surface area contributed by atoms with E-state index in [2.05, 4.69) is 39.8 Å². The summed E-state index contributed by atoms with van der Waals surface area (Å²) >= 11 is 0. The minimum absolute atomic E-state index is 0.0323. The number of ether oxygens (including phenoxy) is 2. The van der Waals surface area contributed by atoms with Gasteiger partial charge in [0, 0.05) is 51.0 Å². The van der Waals surface area contributed by atoms with Gasteiger partial charge in [-0.1, -0.05) is 57.6 Å². The van der Waals surface area contributed by atoms with Crippen LogP contribution in [0.25, 0.3) is 0 Å². The van der Waals surface area contributed by atoms with Crippen LogP contribution in [0.2, 0.25) is 0 Å². The van der Waals surface area contributed by atoms with Gasteiger partial charge in [-0.2, -0.15) is 0 Å². The van der Waals surface area contributed by atoms with Crippen molar-refractivity contribution in [3.63, 3.8) is 0 Å². The van der Waals surface area contributed by atoms with Crippen molar-refractivity contribution >= 4 is 12.0 Å². The number of hydrogen-bond acceptors (Lipinski definition) is 5. The van der Waals surface area contributed by atoms with Crippen LogP contribution >= 0.6 is 0 Å². The zero-order valence-corrected chi connectivity index (χ0v) is 24.5. The molecule has 0 radical (unpaired) electrons. The second kappa shape index (κ2) is 12.8. The SMILES string of the molecule is CC/C=C(\C=C/CC1=CC2=C(CC1)OC1(CC2)CCN(C(=O)OCC(C)(C)C)CC1)C(=O)N1CCC(O)CC1. The molecule has 0 saturated carbocycles. The number of likely N-dealkylation sites (tertiary alicyclic amines) is 2. The van der Waals surface area contributed by atoms with Crippen molar-refractivity contribution in [2.75, 3.05) is 32.8 Å². The fourth-order valence-corrected chi connectivity index (χ4v) is 5.85. The van der Waals surface area contributed by atoms with Gasteiger partial charge in [0.2, 0.25) is 0 Å². The third-order valence-corrected chi connectivity index (χ3v) is 8.26. The van der Waals surface area contributed by atoms with Gasteiger partial charge in [0.25, 0.3) is 5.91 Å². The fourth-order valence-electron chi connectivity index (χ4n) is 5.85. The van der Waals surface area contributed by atoms with E-state index < -0.39 is 0 Å². The quantitative estimate of drug-likeness (QED) is 0.328. The highest BCUT2D eigenvalue weighted by Crippen LogP contribution is 2.43. The Morgan fingerprint density at radius 2 is 1.79 bits per heavy atom. The third-order valence-electron chi connectivity index (χ3n) is 8.26. The molecule has 2 fully saturated rings. The highest BCUT2D eigenvalue weighted by molar-refractivity contribution is 5.96. The van der Waals surface area contributed by atoms with Crippen LogP contribution in [0.4, 0.5) is 4.79 Å². The van der Waals surface area contributed by atoms with E-state index in [0.717, 1.165) is 62.7 Å². The Morgan fingerprint density at radius 1 is 1.08 bits per heavy atom. The van der Waals surface area contributed by atoms with Crippen molar-refractivity contribution in [3.05, 3.63) is 46.8 Å². The first-order valence-electron chi connectivity index (χ1n) is 14.9. The Labute approximate surface area is 234 Å². The largest absolute Gasteiger partial charge is 0.491 e. The molecule has 0 bridgehead atoms. The molecule has 1 N–H and O–H groups in total. The summed E-state index contributed by atoms with van der Waals surface area (Å²) in [4.78, 5) is 29.2. The second-order valence-electron chi connectivity index (χ2n) is 12.8. The number of hydrogen-bond donors (Lipinski definition) is 1. The van der Waals surface area contributed by atoms with Gasteiger partial charge in [0.15, 0.2) is 0 Å². The van der Waals surface area contributed by atoms with Gasteiger partial charge in [0.05, 0.1) is 12.7 Å². The van der Waals surface area contributed by atoms with E-state index in [-0.39, 0.29) is 29.1 Å². The van der Waals surface area contributed by atoms with E-state index in [9.17, 15) is 14.7 Å². The van der Waals surface area contributed by atoms with Crippen LogP contribution in [0.3, 0.4) is 0 Å². The van der Waals surface area contributed by atoms with Crippen LogP contribution < -0.4 is 0 Å². The summed E-state index contributed by atoms with van der Waals surface area (Å²) in [6.45, 7) is 11.3. The molecular formula is C32H48N2O5. The minimum atomic E-state index is -0.283. The summed E-state index contributed by atoms with van der Waals surface area (Å²) in [5.74, 6) is 1.20. The van der Waals surface area contributed by atoms with Crippen molar-refractivity contribution in [1.82, 2.24) is 9.80 Å². The van der Waals surface area contributed by atoms with Crippen LogP contribution in [-0.2, 0) is 14.3 Å². The van der Waals surface area contributed by atoms with E-state index in [4.69, 9.17) is 9.47 Å². The predicted octanol–water partition coefficient (Wildman–Crippen LogP) is 6.05. The number of rotatable bonds is 6. The average molecular weight is 541 g/mol. The molecule has 7 heteroatoms. The number of allylic oxidation sites excluding steroid dienone is 6. The number of carbonyl (C=O) groups is 2. The van der Waals surface area contributed by atoms with Crippen molar-refractivity contribution < 1.29 is 24.2 Å². The molecule has 0 aromatic carbocycles. The molecule has 2 saturated heterocycles. The molecule has 216 valence electrons. The van der Waals surface area contributed by atoms with Gasteiger partial charge in [-0.25, -0.2) is 4.79 Å². The van der Waals surface area contributed by atoms with Gasteiger partial charge >= 0.3 is 6.09 Å². The normalized spacial score (nSPS) is 22.6. The first-order chi connectivity index (χ1) is 18.6. The topological polar surface area (TPSA) is 79.3 Å². The Balaban J connectivity index is 1.29. The number of piperidine rings is 2. The highest BCUT2D eigenvalue weighted by Gasteiger charge is 2.41. The van der Waals surface area contributed by atoms with Crippen molar-refractivity contribution in [2.45, 2.75) is 104 Å². The number of aliphatic hydroxyl groups is 1. The molecule has 39 heavy (non-hydrogen) atoms. The predicted molar refractivity (Wildman–Crippen MR) is 153 cm³/mol. The molecular weight excluding hydrogens is 492 g/mol. The third kappa shape index (κ3) is 8.00. The lowest BCUT2D eigenvalue weighted by molar-refractivity contribution is -0.128. The Kier molecular flexibility index (Phi) is 9.63. The summed E-state index contributed by atoms with van der Waals surface area (Å²) in [6.07, 6.45) is 16.5. The Bertz CT molecular complexity index is 1020. The number of nitrogens with zero attached hydrogens (tertiary/aromatic N) is 2. The molecule has 1 aliphatic carbocycles. The Morgan fingerprint density at radius 3 is 2.46 bits per heavy atom. The lowest BCUT2D eigenvalue weighted by Gasteiger charge is -2.45. The zero-order chi connectivity index (χ0) is 28.0. The smallest absolute Gasteiger partial charge is 0.409 e. The molecule has 3 heterocycles. The van der Waals surface area contributed by atoms with E-state index >= 15 is 0 Å². The van der Waals surface area contributed by atoms with Gasteiger partial charge in [-0.15, -0.1) is 0 Å². The monoisotopic (exact) mass is 540 g/mol. The van der Waals surface area contributed by atoms with Crippen molar-refractivity contribution in [2.24, 2.45) is 5.41 Å². The van der Waals surface area contributed by atoms with E-state index in [0.29, 0.717) is 45.6 Å². The molecule has 4 aliphatic rings. The van der Waals surface area contributed by atoms with Gasteiger partial charge in [-0.05, 0) is 55.9 Å². The zero-order valence-electron chi connectivity index (χ0n) is 24.5. The number of aliphatic hydroxyl groups excluding tert-OH is 1. The molecule has 0 aromatic heterocycles. The van der Waals surface area contributed by atoms with E-state index in [1.807, 2.05) is 22.0 Å². The van der Waals surface area contributed by atoms with Crippen LogP contribution in [-0.4, -0.2) is 71.4 Å². The standard InChI is InChI=1S/C32H48N2O5/c1-5-7-25(29(36)33-18-13-27(35)14-19-33)9-6-8-24-10-11-28-26(22-24)12-15-32(39-28)16-20-34(21-17-32)30(37)38-23-31(2,3)4/h6-7,9,22,27,35H,5,8,10-21,23H2,1-4H3/b9-6-,25-7+. The van der Waals surface area contributed by atoms with Crippen molar-refractivity contribution in [3.8, 4) is 0 Å². The molecule has 7 nitrogen and oxygen atoms in total. The number of amides is 2. The van der Waals surface area contributed by atoms with Gasteiger partial charge < -0.3 is 24.4 Å². The van der Waals surface area contributed by atoms with Gasteiger partial charge in [0.1, 0.15) is 11.4 Å². The maximum atomic E-state index is 13.0. The molecule has 2 amide bonds. The van der Waals surface area contributed by atoms with Crippen LogP contribution in [0.15, 0.2) is 46.8 Å². The lowest BCUT2D eigenvalue weighted by atomic mass is 9.81. The van der Waals surface area contributed by atoms with E-state index in [1.54, 1.807) is 0 Å². The fraction of sp³-hybridized carbons (Fsp3) is 0.688. The highest BCUT2D eigenvalue weighted by atomic mass is 16.6. The first-order valence-corrected chi connectivity index (χ1v) is 14.9. The average Bonchev–Trinajstić information content (AvgIpc) is 2.91. The summed E-state index contributed by atoms with van der Waals surface area (Å²) in [6, 6.07) is 0. The van der Waals surface area contributed by atoms with Crippen LogP contribution in [0, 0.1) is 5.41 Å². The van der Waals surface area contributed by atoms with E-state index in [1.165, 1.54) is 11.1 Å². The first kappa shape index (κ1) is 29.4. The molecule has 0 unspecified atom stereocenters. The Hall–Kier alpha value is -2.54. The summed E-state index contributed by atoms with van der Waals surface area (Å²) < 4.78 is 12.2. The van der Waals surface area contributed by atoms with Crippen molar-refractivity contribution in [1.29, 1.82) is 0 Å². The lowest BCUT2D eigenvalue weighted by Crippen LogP contribution is -2.49. The minimum Gasteiger partial charge on any atom is -0.491 e.